The molecular formula is C6H11ClNO2-. The van der Waals surface area contributed by atoms with Crippen LogP contribution >= 0.6 is 0 Å². The highest BCUT2D eigenvalue weighted by Crippen LogP contribution is 1.93. The van der Waals surface area contributed by atoms with Gasteiger partial charge in [0.2, 0.25) is 0 Å². The average Bonchev–Trinajstić information content (AvgIpc) is 1.83. The maximum Gasteiger partial charge on any atom is 0.303 e. The molecule has 0 bridgehead atoms. The Morgan fingerprint density at radius 1 is 1.80 bits per heavy atom. The molecule has 0 rings (SSSR count). The van der Waals surface area contributed by atoms with Gasteiger partial charge in [0.15, 0.2) is 0 Å². The Labute approximate surface area is 66.3 Å². The Balaban J connectivity index is 0. The first-order chi connectivity index (χ1) is 4.16. The molecule has 0 saturated carbocycles. The van der Waals surface area contributed by atoms with Crippen molar-refractivity contribution in [1.29, 1.82) is 0 Å². The van der Waals surface area contributed by atoms with Gasteiger partial charge in [-0.1, -0.05) is 6.08 Å². The lowest BCUT2D eigenvalue weighted by Crippen LogP contribution is -3.00. The van der Waals surface area contributed by atoms with Crippen molar-refractivity contribution in [3.63, 3.8) is 0 Å². The van der Waals surface area contributed by atoms with Crippen LogP contribution in [-0.4, -0.2) is 17.1 Å². The molecule has 0 radical (unpaired) electrons. The third kappa shape index (κ3) is 7.46. The van der Waals surface area contributed by atoms with E-state index in [0.717, 1.165) is 0 Å². The van der Waals surface area contributed by atoms with Crippen LogP contribution < -0.4 is 18.1 Å². The van der Waals surface area contributed by atoms with E-state index in [1.165, 1.54) is 0 Å². The van der Waals surface area contributed by atoms with Crippen LogP contribution in [0.5, 0.6) is 0 Å². The van der Waals surface area contributed by atoms with E-state index in [9.17, 15) is 4.79 Å². The van der Waals surface area contributed by atoms with Crippen LogP contribution in [0.3, 0.4) is 0 Å². The van der Waals surface area contributed by atoms with E-state index in [0.29, 0.717) is 6.42 Å². The van der Waals surface area contributed by atoms with E-state index in [-0.39, 0.29) is 24.9 Å². The largest absolute Gasteiger partial charge is 1.00 e. The van der Waals surface area contributed by atoms with Crippen LogP contribution in [0.2, 0.25) is 0 Å². The fourth-order valence-electron chi connectivity index (χ4n) is 0.408. The molecule has 1 atom stereocenters. The predicted molar refractivity (Wildman–Crippen MR) is 35.0 cm³/mol. The highest BCUT2D eigenvalue weighted by atomic mass is 35.5. The summed E-state index contributed by atoms with van der Waals surface area (Å²) in [4.78, 5) is 9.93. The molecule has 0 fully saturated rings. The predicted octanol–water partition coefficient (Wildman–Crippen LogP) is -2.63. The molecular weight excluding hydrogens is 154 g/mol. The van der Waals surface area contributed by atoms with Gasteiger partial charge in [-0.05, 0) is 6.42 Å². The van der Waals surface area contributed by atoms with Crippen LogP contribution in [0.1, 0.15) is 12.8 Å². The van der Waals surface area contributed by atoms with Crippen molar-refractivity contribution in [2.45, 2.75) is 18.9 Å². The fraction of sp³-hybridized carbons (Fsp3) is 0.500. The smallest absolute Gasteiger partial charge is 0.303 e. The van der Waals surface area contributed by atoms with Crippen LogP contribution in [0.25, 0.3) is 0 Å². The molecule has 3 nitrogen and oxygen atoms in total. The van der Waals surface area contributed by atoms with Gasteiger partial charge in [-0.15, -0.1) is 6.58 Å². The van der Waals surface area contributed by atoms with Crippen LogP contribution in [0.4, 0.5) is 0 Å². The molecule has 0 aliphatic carbocycles. The summed E-state index contributed by atoms with van der Waals surface area (Å²) in [5.41, 5.74) is 5.34. The second-order valence-corrected chi connectivity index (χ2v) is 1.83. The number of carboxylic acid groups (broad SMARTS) is 1. The second-order valence-electron chi connectivity index (χ2n) is 1.83. The third-order valence-electron chi connectivity index (χ3n) is 0.994. The summed E-state index contributed by atoms with van der Waals surface area (Å²) in [6.07, 6.45) is 2.13. The van der Waals surface area contributed by atoms with Crippen molar-refractivity contribution in [3.05, 3.63) is 12.7 Å². The van der Waals surface area contributed by atoms with Crippen LogP contribution in [-0.2, 0) is 4.79 Å². The first-order valence-electron chi connectivity index (χ1n) is 2.76. The lowest BCUT2D eigenvalue weighted by Gasteiger charge is -2.00. The van der Waals surface area contributed by atoms with Crippen molar-refractivity contribution in [2.24, 2.45) is 5.73 Å². The molecule has 10 heavy (non-hydrogen) atoms. The second kappa shape index (κ2) is 6.58. The molecule has 0 heterocycles. The number of carbonyl (C=O) groups is 1. The molecule has 0 aliphatic rings. The topological polar surface area (TPSA) is 63.3 Å². The number of hydrogen-bond acceptors (Lipinski definition) is 2. The molecule has 0 amide bonds. The minimum Gasteiger partial charge on any atom is -1.00 e. The number of rotatable bonds is 4. The van der Waals surface area contributed by atoms with E-state index in [2.05, 4.69) is 6.58 Å². The molecule has 0 spiro atoms. The molecule has 0 aromatic rings. The van der Waals surface area contributed by atoms with Gasteiger partial charge in [0, 0.05) is 12.5 Å². The lowest BCUT2D eigenvalue weighted by atomic mass is 10.2. The zero-order chi connectivity index (χ0) is 7.28. The number of hydrogen-bond donors (Lipinski definition) is 2. The van der Waals surface area contributed by atoms with Gasteiger partial charge in [0.25, 0.3) is 0 Å². The molecule has 0 aromatic heterocycles. The highest BCUT2D eigenvalue weighted by molar-refractivity contribution is 5.66. The summed E-state index contributed by atoms with van der Waals surface area (Å²) >= 11 is 0. The standard InChI is InChI=1S/C6H11NO2.ClH/c1-2-5(7)3-4-6(8)9;/h2,5H,1,3-4,7H2,(H,8,9);1H/p-1. The fourth-order valence-corrected chi connectivity index (χ4v) is 0.408. The highest BCUT2D eigenvalue weighted by Gasteiger charge is 1.99. The van der Waals surface area contributed by atoms with E-state index in [4.69, 9.17) is 10.8 Å². The summed E-state index contributed by atoms with van der Waals surface area (Å²) in [5, 5.41) is 8.17. The van der Waals surface area contributed by atoms with Crippen molar-refractivity contribution in [1.82, 2.24) is 0 Å². The number of nitrogens with two attached hydrogens (primary N) is 1. The van der Waals surface area contributed by atoms with Gasteiger partial charge in [0.1, 0.15) is 0 Å². The summed E-state index contributed by atoms with van der Waals surface area (Å²) < 4.78 is 0. The Bertz CT molecular complexity index is 116. The first-order valence-corrected chi connectivity index (χ1v) is 2.76. The van der Waals surface area contributed by atoms with Gasteiger partial charge in [0.05, 0.1) is 0 Å². The minimum absolute atomic E-state index is 0. The normalized spacial score (nSPS) is 11.3. The van der Waals surface area contributed by atoms with Crippen molar-refractivity contribution in [3.8, 4) is 0 Å². The SMILES string of the molecule is C=CC(N)CCC(=O)O.[Cl-]. The maximum absolute atomic E-state index is 9.93. The zero-order valence-electron chi connectivity index (χ0n) is 5.59. The van der Waals surface area contributed by atoms with Crippen LogP contribution in [0.15, 0.2) is 12.7 Å². The molecule has 4 heteroatoms. The van der Waals surface area contributed by atoms with Gasteiger partial charge >= 0.3 is 5.97 Å². The molecule has 3 N–H and O–H groups in total. The zero-order valence-corrected chi connectivity index (χ0v) is 6.34. The first kappa shape index (κ1) is 12.2. The van der Waals surface area contributed by atoms with E-state index >= 15 is 0 Å². The number of halogens is 1. The summed E-state index contributed by atoms with van der Waals surface area (Å²) in [7, 11) is 0. The van der Waals surface area contributed by atoms with E-state index in [1.54, 1.807) is 6.08 Å². The van der Waals surface area contributed by atoms with Gasteiger partial charge in [-0.3, -0.25) is 4.79 Å². The Hall–Kier alpha value is -0.540. The Morgan fingerprint density at radius 3 is 2.60 bits per heavy atom. The third-order valence-corrected chi connectivity index (χ3v) is 0.994. The van der Waals surface area contributed by atoms with Gasteiger partial charge < -0.3 is 23.2 Å². The van der Waals surface area contributed by atoms with E-state index < -0.39 is 5.97 Å². The molecule has 60 valence electrons. The summed E-state index contributed by atoms with van der Waals surface area (Å²) in [6, 6.07) is -0.180. The quantitative estimate of drug-likeness (QED) is 0.447. The Morgan fingerprint density at radius 2 is 2.30 bits per heavy atom. The lowest BCUT2D eigenvalue weighted by molar-refractivity contribution is -0.137. The minimum atomic E-state index is -0.813. The summed E-state index contributed by atoms with van der Waals surface area (Å²) in [6.45, 7) is 3.42. The monoisotopic (exact) mass is 164 g/mol. The summed E-state index contributed by atoms with van der Waals surface area (Å²) in [5.74, 6) is -0.813. The number of aliphatic carboxylic acids is 1. The van der Waals surface area contributed by atoms with Crippen molar-refractivity contribution < 1.29 is 22.3 Å². The van der Waals surface area contributed by atoms with Crippen LogP contribution in [0, 0.1) is 0 Å². The molecule has 0 aromatic carbocycles. The molecule has 0 saturated heterocycles. The van der Waals surface area contributed by atoms with Gasteiger partial charge in [-0.2, -0.15) is 0 Å². The number of carboxylic acids is 1. The van der Waals surface area contributed by atoms with E-state index in [1.807, 2.05) is 0 Å². The Kier molecular flexibility index (Phi) is 8.00. The molecule has 0 aliphatic heterocycles. The molecule has 1 unspecified atom stereocenters. The van der Waals surface area contributed by atoms with Crippen molar-refractivity contribution in [2.75, 3.05) is 0 Å². The van der Waals surface area contributed by atoms with Crippen molar-refractivity contribution >= 4 is 5.97 Å². The maximum atomic E-state index is 9.93. The van der Waals surface area contributed by atoms with Gasteiger partial charge in [-0.25, -0.2) is 0 Å². The average molecular weight is 165 g/mol.